The fraction of sp³-hybridized carbons (Fsp3) is 0.769. The molecular weight excluding hydrogens is 256 g/mol. The number of carbonyl (C=O) groups excluding carboxylic acids is 1. The van der Waals surface area contributed by atoms with Gasteiger partial charge in [-0.2, -0.15) is 0 Å². The van der Waals surface area contributed by atoms with Crippen LogP contribution in [0.3, 0.4) is 0 Å². The van der Waals surface area contributed by atoms with E-state index >= 15 is 0 Å². The molecule has 0 atom stereocenters. The zero-order valence-electron chi connectivity index (χ0n) is 12.1. The van der Waals surface area contributed by atoms with Crippen LogP contribution in [-0.2, 0) is 11.3 Å². The molecule has 20 heavy (non-hydrogen) atoms. The molecular formula is C13H24N6O. The van der Waals surface area contributed by atoms with Crippen LogP contribution in [-0.4, -0.2) is 51.8 Å². The average molecular weight is 280 g/mol. The summed E-state index contributed by atoms with van der Waals surface area (Å²) in [6.45, 7) is 6.62. The fourth-order valence-corrected chi connectivity index (χ4v) is 2.40. The Balaban J connectivity index is 1.55. The topological polar surface area (TPSA) is 89.1 Å². The number of nitrogen functional groups attached to an aromatic ring is 1. The number of nitrogens with zero attached hydrogens (tertiary/aromatic N) is 4. The highest BCUT2D eigenvalue weighted by Gasteiger charge is 2.14. The molecule has 2 heterocycles. The lowest BCUT2D eigenvalue weighted by atomic mass is 9.99. The fourth-order valence-electron chi connectivity index (χ4n) is 2.40. The molecule has 0 aliphatic carbocycles. The van der Waals surface area contributed by atoms with Crippen LogP contribution in [0.5, 0.6) is 0 Å². The van der Waals surface area contributed by atoms with Gasteiger partial charge in [0.2, 0.25) is 11.9 Å². The molecule has 1 saturated heterocycles. The maximum Gasteiger partial charge on any atom is 0.241 e. The lowest BCUT2D eigenvalue weighted by Crippen LogP contribution is -2.36. The van der Waals surface area contributed by atoms with E-state index in [4.69, 9.17) is 5.73 Å². The second kappa shape index (κ2) is 7.23. The highest BCUT2D eigenvalue weighted by atomic mass is 16.2. The number of nitrogens with two attached hydrogens (primary N) is 1. The summed E-state index contributed by atoms with van der Waals surface area (Å²) in [4.78, 5) is 17.9. The van der Waals surface area contributed by atoms with Crippen molar-refractivity contribution in [3.8, 4) is 0 Å². The minimum Gasteiger partial charge on any atom is -0.367 e. The van der Waals surface area contributed by atoms with Crippen LogP contribution in [0.2, 0.25) is 0 Å². The third kappa shape index (κ3) is 4.80. The number of hydrogen-bond acceptors (Lipinski definition) is 5. The Morgan fingerprint density at radius 3 is 2.90 bits per heavy atom. The number of piperidine rings is 1. The van der Waals surface area contributed by atoms with Crippen molar-refractivity contribution in [3.63, 3.8) is 0 Å². The van der Waals surface area contributed by atoms with Crippen LogP contribution >= 0.6 is 0 Å². The van der Waals surface area contributed by atoms with Crippen molar-refractivity contribution in [2.24, 2.45) is 5.92 Å². The molecule has 0 radical (unpaired) electrons. The van der Waals surface area contributed by atoms with Gasteiger partial charge in [0.25, 0.3) is 0 Å². The summed E-state index contributed by atoms with van der Waals surface area (Å²) in [7, 11) is 0. The van der Waals surface area contributed by atoms with Crippen LogP contribution in [0.15, 0.2) is 6.33 Å². The molecule has 7 heteroatoms. The van der Waals surface area contributed by atoms with E-state index in [1.54, 1.807) is 0 Å². The summed E-state index contributed by atoms with van der Waals surface area (Å²) in [5, 5.41) is 6.77. The predicted molar refractivity (Wildman–Crippen MR) is 76.9 cm³/mol. The minimum absolute atomic E-state index is 0.0535. The number of carbonyl (C=O) groups is 1. The molecule has 1 aromatic heterocycles. The molecule has 0 bridgehead atoms. The highest BCUT2D eigenvalue weighted by molar-refractivity contribution is 5.75. The number of likely N-dealkylation sites (tertiary alicyclic amines) is 1. The lowest BCUT2D eigenvalue weighted by Gasteiger charge is -2.30. The lowest BCUT2D eigenvalue weighted by molar-refractivity contribution is -0.121. The zero-order valence-corrected chi connectivity index (χ0v) is 12.1. The quantitative estimate of drug-likeness (QED) is 0.721. The van der Waals surface area contributed by atoms with Crippen molar-refractivity contribution in [1.82, 2.24) is 25.0 Å². The third-order valence-corrected chi connectivity index (χ3v) is 3.71. The average Bonchev–Trinajstić information content (AvgIpc) is 2.82. The number of anilines is 1. The first-order valence-corrected chi connectivity index (χ1v) is 7.27. The molecule has 1 fully saturated rings. The van der Waals surface area contributed by atoms with Gasteiger partial charge in [0, 0.05) is 6.54 Å². The summed E-state index contributed by atoms with van der Waals surface area (Å²) in [5.74, 6) is 1.00. The van der Waals surface area contributed by atoms with E-state index in [0.29, 0.717) is 6.54 Å². The van der Waals surface area contributed by atoms with Gasteiger partial charge in [-0.05, 0) is 44.8 Å². The van der Waals surface area contributed by atoms with E-state index < -0.39 is 0 Å². The summed E-state index contributed by atoms with van der Waals surface area (Å²) < 4.78 is 1.44. The van der Waals surface area contributed by atoms with Gasteiger partial charge in [0.15, 0.2) is 0 Å². The molecule has 1 aliphatic heterocycles. The van der Waals surface area contributed by atoms with Gasteiger partial charge in [0.05, 0.1) is 0 Å². The summed E-state index contributed by atoms with van der Waals surface area (Å²) in [5.41, 5.74) is 5.39. The van der Waals surface area contributed by atoms with Crippen LogP contribution < -0.4 is 11.1 Å². The Morgan fingerprint density at radius 1 is 1.50 bits per heavy atom. The molecule has 0 spiro atoms. The molecule has 3 N–H and O–H groups in total. The van der Waals surface area contributed by atoms with Gasteiger partial charge in [0.1, 0.15) is 12.9 Å². The summed E-state index contributed by atoms with van der Waals surface area (Å²) in [6.07, 6.45) is 5.03. The van der Waals surface area contributed by atoms with E-state index in [9.17, 15) is 4.79 Å². The number of hydrogen-bond donors (Lipinski definition) is 2. The molecule has 1 aromatic rings. The highest BCUT2D eigenvalue weighted by Crippen LogP contribution is 2.15. The van der Waals surface area contributed by atoms with E-state index in [1.807, 2.05) is 0 Å². The number of rotatable bonds is 6. The van der Waals surface area contributed by atoms with Crippen molar-refractivity contribution >= 4 is 11.9 Å². The summed E-state index contributed by atoms with van der Waals surface area (Å²) >= 11 is 0. The van der Waals surface area contributed by atoms with Gasteiger partial charge in [-0.15, -0.1) is 5.10 Å². The Morgan fingerprint density at radius 2 is 2.25 bits per heavy atom. The number of nitrogens with one attached hydrogen (secondary N) is 1. The Bertz CT molecular complexity index is 424. The molecule has 112 valence electrons. The van der Waals surface area contributed by atoms with Crippen molar-refractivity contribution in [2.75, 3.05) is 31.9 Å². The Kier molecular flexibility index (Phi) is 5.34. The standard InChI is InChI=1S/C13H24N6O/c1-11-3-7-18(8-4-11)6-2-5-15-12(20)9-19-10-16-13(14)17-19/h10-11H,2-9H2,1H3,(H2,14,17)(H,15,20). The maximum atomic E-state index is 11.7. The second-order valence-corrected chi connectivity index (χ2v) is 5.53. The van der Waals surface area contributed by atoms with E-state index in [-0.39, 0.29) is 18.4 Å². The van der Waals surface area contributed by atoms with Gasteiger partial charge in [-0.25, -0.2) is 9.67 Å². The minimum atomic E-state index is -0.0535. The molecule has 2 rings (SSSR count). The van der Waals surface area contributed by atoms with Crippen LogP contribution in [0, 0.1) is 5.92 Å². The number of amides is 1. The Labute approximate surface area is 119 Å². The van der Waals surface area contributed by atoms with Gasteiger partial charge < -0.3 is 16.0 Å². The first-order chi connectivity index (χ1) is 9.63. The van der Waals surface area contributed by atoms with Crippen LogP contribution in [0.25, 0.3) is 0 Å². The Hall–Kier alpha value is -1.63. The van der Waals surface area contributed by atoms with Crippen LogP contribution in [0.4, 0.5) is 5.95 Å². The molecule has 1 amide bonds. The zero-order chi connectivity index (χ0) is 14.4. The molecule has 7 nitrogen and oxygen atoms in total. The van der Waals surface area contributed by atoms with Crippen molar-refractivity contribution < 1.29 is 4.79 Å². The molecule has 0 saturated carbocycles. The first-order valence-electron chi connectivity index (χ1n) is 7.27. The SMILES string of the molecule is CC1CCN(CCCNC(=O)Cn2cnc(N)n2)CC1. The van der Waals surface area contributed by atoms with E-state index in [2.05, 4.69) is 27.2 Å². The van der Waals surface area contributed by atoms with Gasteiger partial charge >= 0.3 is 0 Å². The third-order valence-electron chi connectivity index (χ3n) is 3.71. The molecule has 0 unspecified atom stereocenters. The van der Waals surface area contributed by atoms with E-state index in [1.165, 1.54) is 36.9 Å². The van der Waals surface area contributed by atoms with Crippen molar-refractivity contribution in [1.29, 1.82) is 0 Å². The first kappa shape index (κ1) is 14.8. The maximum absolute atomic E-state index is 11.7. The van der Waals surface area contributed by atoms with E-state index in [0.717, 1.165) is 18.9 Å². The molecule has 1 aliphatic rings. The van der Waals surface area contributed by atoms with Gasteiger partial charge in [-0.3, -0.25) is 4.79 Å². The van der Waals surface area contributed by atoms with Crippen molar-refractivity contribution in [3.05, 3.63) is 6.33 Å². The van der Waals surface area contributed by atoms with Crippen molar-refractivity contribution in [2.45, 2.75) is 32.7 Å². The normalized spacial score (nSPS) is 17.2. The monoisotopic (exact) mass is 280 g/mol. The smallest absolute Gasteiger partial charge is 0.241 e. The number of aromatic nitrogens is 3. The van der Waals surface area contributed by atoms with Gasteiger partial charge in [-0.1, -0.05) is 6.92 Å². The largest absolute Gasteiger partial charge is 0.367 e. The predicted octanol–water partition coefficient (Wildman–Crippen LogP) is 0.0985. The summed E-state index contributed by atoms with van der Waals surface area (Å²) in [6, 6.07) is 0. The van der Waals surface area contributed by atoms with Crippen LogP contribution in [0.1, 0.15) is 26.2 Å². The second-order valence-electron chi connectivity index (χ2n) is 5.53. The molecule has 0 aromatic carbocycles.